The van der Waals surface area contributed by atoms with Crippen LogP contribution < -0.4 is 5.32 Å². The first kappa shape index (κ1) is 29.2. The van der Waals surface area contributed by atoms with Crippen LogP contribution in [0.3, 0.4) is 0 Å². The van der Waals surface area contributed by atoms with Crippen LogP contribution in [0.25, 0.3) is 22.3 Å². The summed E-state index contributed by atoms with van der Waals surface area (Å²) in [6, 6.07) is 32.2. The zero-order chi connectivity index (χ0) is 29.8. The van der Waals surface area contributed by atoms with Crippen molar-refractivity contribution in [3.05, 3.63) is 107 Å². The topological polar surface area (TPSA) is 12.0 Å². The molecule has 1 heteroatoms. The zero-order valence-electron chi connectivity index (χ0n) is 27.0. The highest BCUT2D eigenvalue weighted by Gasteiger charge is 2.37. The van der Waals surface area contributed by atoms with Crippen LogP contribution in [-0.4, -0.2) is 0 Å². The number of fused-ring (bicyclic) bond motifs is 1. The Balaban J connectivity index is 1.57. The maximum absolute atomic E-state index is 3.81. The molecule has 1 aliphatic rings. The molecule has 0 saturated heterocycles. The number of anilines is 2. The summed E-state index contributed by atoms with van der Waals surface area (Å²) >= 11 is 0. The van der Waals surface area contributed by atoms with Gasteiger partial charge in [-0.05, 0) is 109 Å². The van der Waals surface area contributed by atoms with Crippen LogP contribution in [-0.2, 0) is 21.7 Å². The quantitative estimate of drug-likeness (QED) is 0.270. The first-order valence-corrected chi connectivity index (χ1v) is 15.3. The molecule has 0 spiro atoms. The number of rotatable bonds is 4. The second-order valence-corrected chi connectivity index (χ2v) is 15.6. The Morgan fingerprint density at radius 3 is 1.34 bits per heavy atom. The summed E-state index contributed by atoms with van der Waals surface area (Å²) in [5.74, 6) is 0. The summed E-state index contributed by atoms with van der Waals surface area (Å²) in [6.45, 7) is 23.2. The lowest BCUT2D eigenvalue weighted by molar-refractivity contribution is 0.332. The van der Waals surface area contributed by atoms with E-state index in [0.29, 0.717) is 0 Å². The summed E-state index contributed by atoms with van der Waals surface area (Å²) in [7, 11) is 0. The molecule has 0 bridgehead atoms. The number of nitrogens with one attached hydrogen (secondary N) is 1. The van der Waals surface area contributed by atoms with E-state index in [1.54, 1.807) is 0 Å². The Morgan fingerprint density at radius 1 is 0.463 bits per heavy atom. The average Bonchev–Trinajstić information content (AvgIpc) is 2.90. The van der Waals surface area contributed by atoms with Gasteiger partial charge in [0, 0.05) is 11.4 Å². The third kappa shape index (κ3) is 6.15. The molecule has 0 heterocycles. The molecule has 0 atom stereocenters. The van der Waals surface area contributed by atoms with E-state index in [1.165, 1.54) is 57.3 Å². The summed E-state index contributed by atoms with van der Waals surface area (Å²) in [5, 5.41) is 3.81. The molecule has 41 heavy (non-hydrogen) atoms. The van der Waals surface area contributed by atoms with E-state index in [-0.39, 0.29) is 21.7 Å². The van der Waals surface area contributed by atoms with Crippen LogP contribution in [0.15, 0.2) is 84.9 Å². The zero-order valence-corrected chi connectivity index (χ0v) is 27.0. The third-order valence-corrected chi connectivity index (χ3v) is 9.24. The van der Waals surface area contributed by atoms with Crippen molar-refractivity contribution in [2.24, 2.45) is 0 Å². The van der Waals surface area contributed by atoms with E-state index in [2.05, 4.69) is 159 Å². The van der Waals surface area contributed by atoms with Gasteiger partial charge in [0.15, 0.2) is 0 Å². The Kier molecular flexibility index (Phi) is 7.26. The van der Waals surface area contributed by atoms with Crippen LogP contribution in [0.2, 0.25) is 0 Å². The van der Waals surface area contributed by atoms with E-state index in [9.17, 15) is 0 Å². The van der Waals surface area contributed by atoms with Crippen molar-refractivity contribution < 1.29 is 0 Å². The first-order valence-electron chi connectivity index (χ1n) is 15.3. The largest absolute Gasteiger partial charge is 0.355 e. The van der Waals surface area contributed by atoms with E-state index in [0.717, 1.165) is 11.4 Å². The van der Waals surface area contributed by atoms with Crippen LogP contribution in [0, 0.1) is 0 Å². The highest BCUT2D eigenvalue weighted by Crippen LogP contribution is 2.47. The van der Waals surface area contributed by atoms with E-state index in [4.69, 9.17) is 0 Å². The third-order valence-electron chi connectivity index (χ3n) is 9.24. The highest BCUT2D eigenvalue weighted by molar-refractivity contribution is 5.80. The van der Waals surface area contributed by atoms with E-state index in [1.807, 2.05) is 0 Å². The van der Waals surface area contributed by atoms with Gasteiger partial charge in [-0.3, -0.25) is 0 Å². The second kappa shape index (κ2) is 10.2. The molecule has 0 saturated carbocycles. The number of benzene rings is 4. The van der Waals surface area contributed by atoms with Crippen molar-refractivity contribution in [1.82, 2.24) is 0 Å². The van der Waals surface area contributed by atoms with Gasteiger partial charge in [-0.2, -0.15) is 0 Å². The molecule has 1 N–H and O–H groups in total. The van der Waals surface area contributed by atoms with E-state index >= 15 is 0 Å². The smallest absolute Gasteiger partial charge is 0.0396 e. The Hall–Kier alpha value is -3.32. The molecule has 1 aliphatic carbocycles. The van der Waals surface area contributed by atoms with Crippen LogP contribution in [0.1, 0.15) is 104 Å². The maximum Gasteiger partial charge on any atom is 0.0396 e. The molecule has 214 valence electrons. The van der Waals surface area contributed by atoms with Crippen molar-refractivity contribution in [1.29, 1.82) is 0 Å². The molecule has 0 unspecified atom stereocenters. The molecular formula is C40H49N. The Bertz CT molecular complexity index is 1460. The molecule has 0 radical (unpaired) electrons. The summed E-state index contributed by atoms with van der Waals surface area (Å²) in [5.41, 5.74) is 13.5. The lowest BCUT2D eigenvalue weighted by Gasteiger charge is -2.42. The van der Waals surface area contributed by atoms with Crippen molar-refractivity contribution in [3.8, 4) is 22.3 Å². The minimum Gasteiger partial charge on any atom is -0.355 e. The molecule has 1 nitrogen and oxygen atoms in total. The molecule has 0 amide bonds. The molecule has 0 aromatic heterocycles. The first-order chi connectivity index (χ1) is 19.0. The molecule has 4 aromatic rings. The fraction of sp³-hybridized carbons (Fsp3) is 0.400. The fourth-order valence-electron chi connectivity index (χ4n) is 6.19. The lowest BCUT2D eigenvalue weighted by atomic mass is 9.63. The number of hydrogen-bond acceptors (Lipinski definition) is 1. The SMILES string of the molecule is CC(C)(C)c1ccc(-c2cc(Nc3ccc4c(c3)C(C)(C)CCC4(C)C)cc(-c3ccc(C(C)(C)C)cc3)c2)cc1. The van der Waals surface area contributed by atoms with Gasteiger partial charge < -0.3 is 5.32 Å². The Labute approximate surface area is 249 Å². The van der Waals surface area contributed by atoms with Gasteiger partial charge in [-0.25, -0.2) is 0 Å². The predicted molar refractivity (Wildman–Crippen MR) is 180 cm³/mol. The highest BCUT2D eigenvalue weighted by atomic mass is 14.9. The van der Waals surface area contributed by atoms with Gasteiger partial charge in [0.25, 0.3) is 0 Å². The normalized spacial score (nSPS) is 16.2. The van der Waals surface area contributed by atoms with Crippen molar-refractivity contribution in [3.63, 3.8) is 0 Å². The van der Waals surface area contributed by atoms with Gasteiger partial charge in [0.1, 0.15) is 0 Å². The minimum atomic E-state index is 0.136. The lowest BCUT2D eigenvalue weighted by Crippen LogP contribution is -2.33. The van der Waals surface area contributed by atoms with Crippen LogP contribution >= 0.6 is 0 Å². The second-order valence-electron chi connectivity index (χ2n) is 15.6. The van der Waals surface area contributed by atoms with Gasteiger partial charge in [0.2, 0.25) is 0 Å². The van der Waals surface area contributed by atoms with Crippen LogP contribution in [0.5, 0.6) is 0 Å². The van der Waals surface area contributed by atoms with Gasteiger partial charge in [0.05, 0.1) is 0 Å². The van der Waals surface area contributed by atoms with Gasteiger partial charge in [-0.15, -0.1) is 0 Å². The Morgan fingerprint density at radius 2 is 0.902 bits per heavy atom. The minimum absolute atomic E-state index is 0.136. The van der Waals surface area contributed by atoms with Gasteiger partial charge in [-0.1, -0.05) is 124 Å². The van der Waals surface area contributed by atoms with Gasteiger partial charge >= 0.3 is 0 Å². The monoisotopic (exact) mass is 543 g/mol. The number of hydrogen-bond donors (Lipinski definition) is 1. The van der Waals surface area contributed by atoms with Crippen molar-refractivity contribution in [2.75, 3.05) is 5.32 Å². The molecule has 5 rings (SSSR count). The van der Waals surface area contributed by atoms with Crippen molar-refractivity contribution >= 4 is 11.4 Å². The predicted octanol–water partition coefficient (Wildman–Crippen LogP) is 11.7. The average molecular weight is 544 g/mol. The standard InChI is InChI=1S/C40H49N/c1-37(2,3)31-15-11-27(12-16-31)29-23-30(28-13-17-32(18-14-28)38(4,5)6)25-34(24-29)41-33-19-20-35-36(26-33)40(9,10)22-21-39(35,7)8/h11-20,23-26,41H,21-22H2,1-10H3. The van der Waals surface area contributed by atoms with Crippen LogP contribution in [0.4, 0.5) is 11.4 Å². The molecule has 4 aromatic carbocycles. The molecular weight excluding hydrogens is 494 g/mol. The summed E-state index contributed by atoms with van der Waals surface area (Å²) in [4.78, 5) is 0. The molecule has 0 fully saturated rings. The summed E-state index contributed by atoms with van der Waals surface area (Å²) < 4.78 is 0. The summed E-state index contributed by atoms with van der Waals surface area (Å²) in [6.07, 6.45) is 2.44. The fourth-order valence-corrected chi connectivity index (χ4v) is 6.19. The van der Waals surface area contributed by atoms with E-state index < -0.39 is 0 Å². The molecule has 0 aliphatic heterocycles. The van der Waals surface area contributed by atoms with Crippen molar-refractivity contribution in [2.45, 2.75) is 104 Å². The maximum atomic E-state index is 3.81.